The Hall–Kier alpha value is -2.65. The lowest BCUT2D eigenvalue weighted by Crippen LogP contribution is -2.50. The minimum atomic E-state index is -4.57. The number of benzene rings is 2. The van der Waals surface area contributed by atoms with Gasteiger partial charge in [0.15, 0.2) is 0 Å². The number of rotatable bonds is 4. The van der Waals surface area contributed by atoms with Gasteiger partial charge in [-0.05, 0) is 30.3 Å². The van der Waals surface area contributed by atoms with Crippen LogP contribution in [0.4, 0.5) is 23.2 Å². The average Bonchev–Trinajstić information content (AvgIpc) is 2.67. The van der Waals surface area contributed by atoms with Gasteiger partial charge in [0.05, 0.1) is 28.4 Å². The number of amides is 2. The lowest BCUT2D eigenvalue weighted by Gasteiger charge is -2.34. The van der Waals surface area contributed by atoms with Crippen molar-refractivity contribution in [2.24, 2.45) is 0 Å². The van der Waals surface area contributed by atoms with Crippen LogP contribution in [-0.2, 0) is 11.0 Å². The van der Waals surface area contributed by atoms with Gasteiger partial charge in [-0.1, -0.05) is 23.7 Å². The highest BCUT2D eigenvalue weighted by atomic mass is 35.5. The minimum Gasteiger partial charge on any atom is -0.336 e. The molecule has 1 saturated heterocycles. The largest absolute Gasteiger partial charge is 0.418 e. The molecule has 0 aromatic heterocycles. The number of carbonyl (C=O) groups is 2. The number of alkyl halides is 3. The molecule has 1 aliphatic rings. The molecule has 1 aliphatic heterocycles. The zero-order valence-corrected chi connectivity index (χ0v) is 16.4. The zero-order valence-electron chi connectivity index (χ0n) is 15.7. The summed E-state index contributed by atoms with van der Waals surface area (Å²) in [5, 5.41) is 2.32. The van der Waals surface area contributed by atoms with Crippen molar-refractivity contribution in [3.05, 3.63) is 64.4 Å². The second-order valence-electron chi connectivity index (χ2n) is 6.78. The molecule has 2 aromatic rings. The van der Waals surface area contributed by atoms with E-state index in [-0.39, 0.29) is 28.7 Å². The molecular weight excluding hydrogens is 426 g/mol. The topological polar surface area (TPSA) is 52.7 Å². The van der Waals surface area contributed by atoms with E-state index in [0.717, 1.165) is 18.2 Å². The second kappa shape index (κ2) is 9.01. The molecule has 2 aromatic carbocycles. The van der Waals surface area contributed by atoms with Gasteiger partial charge in [0, 0.05) is 26.2 Å². The molecule has 1 heterocycles. The molecule has 30 heavy (non-hydrogen) atoms. The van der Waals surface area contributed by atoms with Crippen molar-refractivity contribution >= 4 is 29.1 Å². The van der Waals surface area contributed by atoms with Crippen LogP contribution in [0.1, 0.15) is 15.9 Å². The van der Waals surface area contributed by atoms with Crippen molar-refractivity contribution in [1.82, 2.24) is 9.80 Å². The fourth-order valence-corrected chi connectivity index (χ4v) is 3.42. The molecule has 5 nitrogen and oxygen atoms in total. The van der Waals surface area contributed by atoms with E-state index in [1.165, 1.54) is 29.2 Å². The Labute approximate surface area is 175 Å². The summed E-state index contributed by atoms with van der Waals surface area (Å²) >= 11 is 5.93. The van der Waals surface area contributed by atoms with Crippen LogP contribution in [0.3, 0.4) is 0 Å². The Morgan fingerprint density at radius 3 is 2.33 bits per heavy atom. The Balaban J connectivity index is 1.55. The van der Waals surface area contributed by atoms with Gasteiger partial charge in [0.25, 0.3) is 5.91 Å². The molecule has 0 bridgehead atoms. The fourth-order valence-electron chi connectivity index (χ4n) is 3.17. The third-order valence-electron chi connectivity index (χ3n) is 4.69. The van der Waals surface area contributed by atoms with Crippen LogP contribution in [-0.4, -0.2) is 54.3 Å². The number of hydrogen-bond donors (Lipinski definition) is 1. The first-order valence-electron chi connectivity index (χ1n) is 9.08. The third kappa shape index (κ3) is 5.28. The van der Waals surface area contributed by atoms with Crippen LogP contribution in [0.15, 0.2) is 42.5 Å². The summed E-state index contributed by atoms with van der Waals surface area (Å²) < 4.78 is 52.3. The summed E-state index contributed by atoms with van der Waals surface area (Å²) in [6.45, 7) is 1.22. The molecule has 1 fully saturated rings. The fraction of sp³-hybridized carbons (Fsp3) is 0.300. The molecule has 10 heteroatoms. The molecule has 0 atom stereocenters. The Morgan fingerprint density at radius 1 is 1.03 bits per heavy atom. The maximum absolute atomic E-state index is 13.2. The number of anilines is 1. The highest BCUT2D eigenvalue weighted by Crippen LogP contribution is 2.34. The Bertz CT molecular complexity index is 944. The summed E-state index contributed by atoms with van der Waals surface area (Å²) in [7, 11) is 0. The summed E-state index contributed by atoms with van der Waals surface area (Å²) in [4.78, 5) is 28.0. The first-order valence-corrected chi connectivity index (χ1v) is 9.45. The number of halogens is 5. The number of carbonyl (C=O) groups excluding carboxylic acids is 2. The van der Waals surface area contributed by atoms with Crippen molar-refractivity contribution in [2.45, 2.75) is 6.18 Å². The van der Waals surface area contributed by atoms with Crippen LogP contribution < -0.4 is 5.32 Å². The van der Waals surface area contributed by atoms with Crippen LogP contribution in [0.5, 0.6) is 0 Å². The maximum Gasteiger partial charge on any atom is 0.418 e. The van der Waals surface area contributed by atoms with E-state index in [1.807, 2.05) is 0 Å². The quantitative estimate of drug-likeness (QED) is 0.729. The normalized spacial score (nSPS) is 15.2. The third-order valence-corrected chi connectivity index (χ3v) is 5.01. The lowest BCUT2D eigenvalue weighted by atomic mass is 10.1. The predicted octanol–water partition coefficient (Wildman–Crippen LogP) is 3.89. The SMILES string of the molecule is O=C(CN1CCN(C(=O)c2ccc(F)cc2Cl)CC1)Nc1ccccc1C(F)(F)F. The molecule has 0 saturated carbocycles. The molecule has 0 aliphatic carbocycles. The minimum absolute atomic E-state index is 0.0186. The maximum atomic E-state index is 13.2. The molecule has 0 radical (unpaired) electrons. The Morgan fingerprint density at radius 2 is 1.70 bits per heavy atom. The summed E-state index contributed by atoms with van der Waals surface area (Å²) in [6, 6.07) is 8.30. The summed E-state index contributed by atoms with van der Waals surface area (Å²) in [5.41, 5.74) is -1.02. The highest BCUT2D eigenvalue weighted by Gasteiger charge is 2.33. The van der Waals surface area contributed by atoms with Gasteiger partial charge in [-0.25, -0.2) is 4.39 Å². The van der Waals surface area contributed by atoms with Crippen LogP contribution in [0.25, 0.3) is 0 Å². The number of nitrogens with zero attached hydrogens (tertiary/aromatic N) is 2. The van der Waals surface area contributed by atoms with E-state index in [1.54, 1.807) is 4.90 Å². The zero-order chi connectivity index (χ0) is 21.9. The van der Waals surface area contributed by atoms with E-state index in [0.29, 0.717) is 26.2 Å². The molecule has 2 amide bonds. The van der Waals surface area contributed by atoms with Crippen molar-refractivity contribution in [3.63, 3.8) is 0 Å². The van der Waals surface area contributed by atoms with Gasteiger partial charge >= 0.3 is 6.18 Å². The van der Waals surface area contributed by atoms with Crippen LogP contribution in [0, 0.1) is 5.82 Å². The molecule has 1 N–H and O–H groups in total. The van der Waals surface area contributed by atoms with Crippen LogP contribution >= 0.6 is 11.6 Å². The van der Waals surface area contributed by atoms with Gasteiger partial charge in [-0.3, -0.25) is 14.5 Å². The van der Waals surface area contributed by atoms with Crippen molar-refractivity contribution in [2.75, 3.05) is 38.0 Å². The number of piperazine rings is 1. The number of para-hydroxylation sites is 1. The molecule has 3 rings (SSSR count). The monoisotopic (exact) mass is 443 g/mol. The van der Waals surface area contributed by atoms with Gasteiger partial charge in [0.2, 0.25) is 5.91 Å². The van der Waals surface area contributed by atoms with Crippen LogP contribution in [0.2, 0.25) is 5.02 Å². The molecular formula is C20H18ClF4N3O2. The van der Waals surface area contributed by atoms with E-state index in [4.69, 9.17) is 11.6 Å². The highest BCUT2D eigenvalue weighted by molar-refractivity contribution is 6.33. The van der Waals surface area contributed by atoms with Gasteiger partial charge < -0.3 is 10.2 Å². The van der Waals surface area contributed by atoms with E-state index < -0.39 is 23.5 Å². The summed E-state index contributed by atoms with van der Waals surface area (Å²) in [5.74, 6) is -1.46. The number of nitrogens with one attached hydrogen (secondary N) is 1. The lowest BCUT2D eigenvalue weighted by molar-refractivity contribution is -0.137. The standard InChI is InChI=1S/C20H18ClF4N3O2/c21-16-11-13(22)5-6-14(16)19(30)28-9-7-27(8-10-28)12-18(29)26-17-4-2-1-3-15(17)20(23,24)25/h1-6,11H,7-10,12H2,(H,26,29). The first-order chi connectivity index (χ1) is 14.1. The molecule has 0 unspecified atom stereocenters. The van der Waals surface area contributed by atoms with E-state index in [9.17, 15) is 27.2 Å². The average molecular weight is 444 g/mol. The second-order valence-corrected chi connectivity index (χ2v) is 7.19. The van der Waals surface area contributed by atoms with E-state index >= 15 is 0 Å². The van der Waals surface area contributed by atoms with Crippen molar-refractivity contribution < 1.29 is 27.2 Å². The Kier molecular flexibility index (Phi) is 6.62. The first kappa shape index (κ1) is 22.0. The van der Waals surface area contributed by atoms with E-state index in [2.05, 4.69) is 5.32 Å². The molecule has 160 valence electrons. The van der Waals surface area contributed by atoms with Gasteiger partial charge in [-0.2, -0.15) is 13.2 Å². The molecule has 0 spiro atoms. The number of hydrogen-bond acceptors (Lipinski definition) is 3. The van der Waals surface area contributed by atoms with Crippen molar-refractivity contribution in [1.29, 1.82) is 0 Å². The van der Waals surface area contributed by atoms with Gasteiger partial charge in [-0.15, -0.1) is 0 Å². The summed E-state index contributed by atoms with van der Waals surface area (Å²) in [6.07, 6.45) is -4.57. The predicted molar refractivity (Wildman–Crippen MR) is 104 cm³/mol. The smallest absolute Gasteiger partial charge is 0.336 e. The van der Waals surface area contributed by atoms with Gasteiger partial charge in [0.1, 0.15) is 5.82 Å². The van der Waals surface area contributed by atoms with Crippen molar-refractivity contribution in [3.8, 4) is 0 Å².